The van der Waals surface area contributed by atoms with Gasteiger partial charge in [-0.3, -0.25) is 14.9 Å². The molecule has 1 heterocycles. The van der Waals surface area contributed by atoms with Crippen LogP contribution in [0.5, 0.6) is 0 Å². The van der Waals surface area contributed by atoms with Gasteiger partial charge in [-0.25, -0.2) is 0 Å². The number of nitrogens with one attached hydrogen (secondary N) is 1. The van der Waals surface area contributed by atoms with Crippen molar-refractivity contribution in [3.8, 4) is 0 Å². The SMILES string of the molecule is O=C1NC(=S)C/C1=C\c1cc([N+](=O)[O-])ccc1SCc1ccc(Cl)cc1. The molecule has 0 spiro atoms. The van der Waals surface area contributed by atoms with Crippen molar-refractivity contribution < 1.29 is 9.72 Å². The Morgan fingerprint density at radius 2 is 2.00 bits per heavy atom. The molecule has 0 aliphatic carbocycles. The quantitative estimate of drug-likeness (QED) is 0.255. The smallest absolute Gasteiger partial charge is 0.270 e. The van der Waals surface area contributed by atoms with Gasteiger partial charge in [0.25, 0.3) is 11.6 Å². The molecule has 1 N–H and O–H groups in total. The first-order chi connectivity index (χ1) is 12.4. The van der Waals surface area contributed by atoms with Gasteiger partial charge in [-0.05, 0) is 35.4 Å². The Hall–Kier alpha value is -2.22. The lowest BCUT2D eigenvalue weighted by Crippen LogP contribution is -2.18. The summed E-state index contributed by atoms with van der Waals surface area (Å²) in [5, 5.41) is 14.3. The Bertz CT molecular complexity index is 927. The molecule has 8 heteroatoms. The summed E-state index contributed by atoms with van der Waals surface area (Å²) < 4.78 is 0. The third-order valence-electron chi connectivity index (χ3n) is 3.74. The van der Waals surface area contributed by atoms with E-state index < -0.39 is 4.92 Å². The highest BCUT2D eigenvalue weighted by Gasteiger charge is 2.21. The summed E-state index contributed by atoms with van der Waals surface area (Å²) >= 11 is 12.5. The fraction of sp³-hybridized carbons (Fsp3) is 0.111. The second kappa shape index (κ2) is 7.99. The molecular formula is C18H13ClN2O3S2. The van der Waals surface area contributed by atoms with Gasteiger partial charge in [-0.2, -0.15) is 0 Å². The van der Waals surface area contributed by atoms with Crippen LogP contribution < -0.4 is 5.32 Å². The van der Waals surface area contributed by atoms with Crippen LogP contribution in [-0.2, 0) is 10.5 Å². The van der Waals surface area contributed by atoms with Crippen LogP contribution in [-0.4, -0.2) is 15.8 Å². The number of hydrogen-bond acceptors (Lipinski definition) is 5. The molecule has 1 saturated heterocycles. The van der Waals surface area contributed by atoms with Crippen LogP contribution in [0.25, 0.3) is 6.08 Å². The Morgan fingerprint density at radius 1 is 1.27 bits per heavy atom. The number of nitro groups is 1. The van der Waals surface area contributed by atoms with Gasteiger partial charge in [0.2, 0.25) is 0 Å². The predicted molar refractivity (Wildman–Crippen MR) is 107 cm³/mol. The van der Waals surface area contributed by atoms with E-state index in [1.807, 2.05) is 24.3 Å². The molecule has 3 rings (SSSR count). The van der Waals surface area contributed by atoms with Gasteiger partial charge in [-0.1, -0.05) is 36.0 Å². The van der Waals surface area contributed by atoms with E-state index in [9.17, 15) is 14.9 Å². The van der Waals surface area contributed by atoms with E-state index in [4.69, 9.17) is 23.8 Å². The number of carbonyl (C=O) groups is 1. The Labute approximate surface area is 164 Å². The number of non-ortho nitro benzene ring substituents is 1. The summed E-state index contributed by atoms with van der Waals surface area (Å²) in [7, 11) is 0. The second-order valence-corrected chi connectivity index (χ2v) is 7.56. The third kappa shape index (κ3) is 4.49. The van der Waals surface area contributed by atoms with Crippen molar-refractivity contribution in [1.82, 2.24) is 5.32 Å². The number of nitro benzene ring substituents is 1. The average Bonchev–Trinajstić information content (AvgIpc) is 2.92. The number of thiocarbonyl (C=S) groups is 1. The van der Waals surface area contributed by atoms with Gasteiger partial charge in [0.05, 0.1) is 9.91 Å². The standard InChI is InChI=1S/C18H13ClN2O3S2/c19-14-3-1-11(2-4-14)10-26-16-6-5-15(21(23)24)8-12(16)7-13-9-17(25)20-18(13)22/h1-8H,9-10H2,(H,20,22,25)/b13-7+. The number of carbonyl (C=O) groups excluding carboxylic acids is 1. The first-order valence-electron chi connectivity index (χ1n) is 7.63. The maximum absolute atomic E-state index is 11.9. The van der Waals surface area contributed by atoms with Crippen molar-refractivity contribution in [2.24, 2.45) is 0 Å². The highest BCUT2D eigenvalue weighted by atomic mass is 35.5. The predicted octanol–water partition coefficient (Wildman–Crippen LogP) is 4.77. The van der Waals surface area contributed by atoms with Crippen LogP contribution in [0.2, 0.25) is 5.02 Å². The molecule has 1 aliphatic heterocycles. The average molecular weight is 405 g/mol. The van der Waals surface area contributed by atoms with E-state index in [1.54, 1.807) is 12.1 Å². The molecule has 1 fully saturated rings. The van der Waals surface area contributed by atoms with Gasteiger partial charge in [-0.15, -0.1) is 11.8 Å². The lowest BCUT2D eigenvalue weighted by molar-refractivity contribution is -0.384. The molecule has 1 amide bonds. The van der Waals surface area contributed by atoms with Crippen molar-refractivity contribution in [1.29, 1.82) is 0 Å². The van der Waals surface area contributed by atoms with Crippen molar-refractivity contribution >= 4 is 58.2 Å². The van der Waals surface area contributed by atoms with Crippen LogP contribution in [0.3, 0.4) is 0 Å². The number of thioether (sulfide) groups is 1. The molecule has 26 heavy (non-hydrogen) atoms. The van der Waals surface area contributed by atoms with E-state index in [1.165, 1.54) is 23.9 Å². The first kappa shape index (κ1) is 18.6. The highest BCUT2D eigenvalue weighted by Crippen LogP contribution is 2.32. The van der Waals surface area contributed by atoms with Crippen LogP contribution in [0.4, 0.5) is 5.69 Å². The topological polar surface area (TPSA) is 72.2 Å². The Balaban J connectivity index is 1.90. The minimum Gasteiger partial charge on any atom is -0.316 e. The van der Waals surface area contributed by atoms with E-state index in [-0.39, 0.29) is 11.6 Å². The number of amides is 1. The molecule has 132 valence electrons. The lowest BCUT2D eigenvalue weighted by Gasteiger charge is -2.07. The van der Waals surface area contributed by atoms with E-state index >= 15 is 0 Å². The van der Waals surface area contributed by atoms with E-state index in [0.717, 1.165) is 10.5 Å². The van der Waals surface area contributed by atoms with Crippen molar-refractivity contribution in [3.05, 3.63) is 74.3 Å². The summed E-state index contributed by atoms with van der Waals surface area (Å²) in [6, 6.07) is 12.1. The molecule has 1 aliphatic rings. The van der Waals surface area contributed by atoms with Crippen LogP contribution in [0, 0.1) is 10.1 Å². The summed E-state index contributed by atoms with van der Waals surface area (Å²) in [6.45, 7) is 0. The zero-order chi connectivity index (χ0) is 18.7. The molecular weight excluding hydrogens is 392 g/mol. The molecule has 2 aromatic rings. The fourth-order valence-corrected chi connectivity index (χ4v) is 3.78. The van der Waals surface area contributed by atoms with E-state index in [0.29, 0.717) is 33.3 Å². The zero-order valence-corrected chi connectivity index (χ0v) is 15.8. The maximum Gasteiger partial charge on any atom is 0.270 e. The van der Waals surface area contributed by atoms with E-state index in [2.05, 4.69) is 5.32 Å². The summed E-state index contributed by atoms with van der Waals surface area (Å²) in [6.07, 6.45) is 2.02. The normalized spacial score (nSPS) is 15.3. The summed E-state index contributed by atoms with van der Waals surface area (Å²) in [5.74, 6) is 0.422. The number of rotatable bonds is 5. The fourth-order valence-electron chi connectivity index (χ4n) is 2.44. The third-order valence-corrected chi connectivity index (χ3v) is 5.40. The molecule has 5 nitrogen and oxygen atoms in total. The molecule has 2 aromatic carbocycles. The van der Waals surface area contributed by atoms with Crippen LogP contribution in [0.1, 0.15) is 17.5 Å². The maximum atomic E-state index is 11.9. The van der Waals surface area contributed by atoms with Gasteiger partial charge in [0.15, 0.2) is 0 Å². The van der Waals surface area contributed by atoms with Gasteiger partial charge in [0.1, 0.15) is 0 Å². The highest BCUT2D eigenvalue weighted by molar-refractivity contribution is 7.98. The number of halogens is 1. The first-order valence-corrected chi connectivity index (χ1v) is 9.40. The molecule has 0 bridgehead atoms. The number of nitrogens with zero attached hydrogens (tertiary/aromatic N) is 1. The van der Waals surface area contributed by atoms with Gasteiger partial charge < -0.3 is 5.32 Å². The molecule has 0 aromatic heterocycles. The minimum absolute atomic E-state index is 0.0197. The Morgan fingerprint density at radius 3 is 2.62 bits per heavy atom. The molecule has 0 atom stereocenters. The van der Waals surface area contributed by atoms with Crippen molar-refractivity contribution in [3.63, 3.8) is 0 Å². The number of benzene rings is 2. The minimum atomic E-state index is -0.449. The zero-order valence-electron chi connectivity index (χ0n) is 13.4. The Kier molecular flexibility index (Phi) is 5.70. The van der Waals surface area contributed by atoms with Crippen molar-refractivity contribution in [2.45, 2.75) is 17.1 Å². The van der Waals surface area contributed by atoms with Crippen LogP contribution >= 0.6 is 35.6 Å². The summed E-state index contributed by atoms with van der Waals surface area (Å²) in [5.41, 5.74) is 2.20. The largest absolute Gasteiger partial charge is 0.316 e. The molecule has 0 unspecified atom stereocenters. The van der Waals surface area contributed by atoms with Crippen LogP contribution in [0.15, 0.2) is 52.9 Å². The van der Waals surface area contributed by atoms with Gasteiger partial charge in [0, 0.05) is 39.8 Å². The molecule has 0 saturated carbocycles. The second-order valence-electron chi connectivity index (χ2n) is 5.62. The molecule has 0 radical (unpaired) electrons. The van der Waals surface area contributed by atoms with Gasteiger partial charge >= 0.3 is 0 Å². The lowest BCUT2D eigenvalue weighted by atomic mass is 10.1. The van der Waals surface area contributed by atoms with Crippen molar-refractivity contribution in [2.75, 3.05) is 0 Å². The monoisotopic (exact) mass is 404 g/mol. The number of hydrogen-bond donors (Lipinski definition) is 1. The summed E-state index contributed by atoms with van der Waals surface area (Å²) in [4.78, 5) is 23.9.